The molecule has 0 N–H and O–H groups in total. The van der Waals surface area contributed by atoms with Crippen LogP contribution in [0.4, 0.5) is 0 Å². The summed E-state index contributed by atoms with van der Waals surface area (Å²) in [4.78, 5) is 0. The molecule has 27 heavy (non-hydrogen) atoms. The van der Waals surface area contributed by atoms with Crippen LogP contribution in [0.1, 0.15) is 39.5 Å². The Morgan fingerprint density at radius 2 is 0.704 bits per heavy atom. The van der Waals surface area contributed by atoms with Crippen LogP contribution in [-0.4, -0.2) is 95.0 Å². The maximum Gasteiger partial charge on any atom is 0.0816 e. The van der Waals surface area contributed by atoms with Gasteiger partial charge in [-0.25, -0.2) is 0 Å². The third kappa shape index (κ3) is 5.48. The predicted octanol–water partition coefficient (Wildman–Crippen LogP) is 3.55. The molecule has 3 fully saturated rings. The van der Waals surface area contributed by atoms with Crippen molar-refractivity contribution in [1.29, 1.82) is 0 Å². The number of hydrogen-bond donors (Lipinski definition) is 0. The van der Waals surface area contributed by atoms with Crippen LogP contribution in [0.2, 0.25) is 0 Å². The van der Waals surface area contributed by atoms with E-state index in [4.69, 9.17) is 0 Å². The number of hydrogen-bond acceptors (Lipinski definition) is 0. The lowest BCUT2D eigenvalue weighted by atomic mass is 9.81. The van der Waals surface area contributed by atoms with Crippen LogP contribution in [-0.2, 0) is 0 Å². The first kappa shape index (κ1) is 21.6. The smallest absolute Gasteiger partial charge is 0.0816 e. The summed E-state index contributed by atoms with van der Waals surface area (Å²) < 4.78 is 3.75. The van der Waals surface area contributed by atoms with Crippen LogP contribution < -0.4 is 0 Å². The van der Waals surface area contributed by atoms with Crippen molar-refractivity contribution in [2.24, 2.45) is 35.5 Å². The van der Waals surface area contributed by atoms with Gasteiger partial charge >= 0.3 is 0 Å². The molecule has 3 saturated heterocycles. The predicted molar refractivity (Wildman–Crippen MR) is 116 cm³/mol. The lowest BCUT2D eigenvalue weighted by Gasteiger charge is -2.24. The number of nitrogens with zero attached hydrogens (tertiary/aromatic N) is 3. The Bertz CT molecular complexity index is 466. The quantitative estimate of drug-likeness (QED) is 0.618. The normalized spacial score (nSPS) is 42.7. The second kappa shape index (κ2) is 7.61. The van der Waals surface area contributed by atoms with E-state index in [1.54, 1.807) is 0 Å². The van der Waals surface area contributed by atoms with Crippen LogP contribution in [0.25, 0.3) is 0 Å². The molecule has 6 atom stereocenters. The summed E-state index contributed by atoms with van der Waals surface area (Å²) in [6.07, 6.45) is 5.94. The molecule has 3 aliphatic rings. The van der Waals surface area contributed by atoms with Gasteiger partial charge in [0, 0.05) is 35.5 Å². The van der Waals surface area contributed by atoms with Crippen LogP contribution in [0, 0.1) is 35.5 Å². The average Bonchev–Trinajstić information content (AvgIpc) is 3.04. The van der Waals surface area contributed by atoms with Crippen molar-refractivity contribution < 1.29 is 13.4 Å². The molecule has 3 heterocycles. The van der Waals surface area contributed by atoms with Crippen molar-refractivity contribution in [3.05, 3.63) is 0 Å². The topological polar surface area (TPSA) is 0 Å². The Kier molecular flexibility index (Phi) is 6.08. The third-order valence-electron chi connectivity index (χ3n) is 8.57. The van der Waals surface area contributed by atoms with Gasteiger partial charge in [-0.05, 0) is 25.7 Å². The molecule has 3 heteroatoms. The summed E-state index contributed by atoms with van der Waals surface area (Å²) in [6.45, 7) is 13.4. The van der Waals surface area contributed by atoms with E-state index < -0.39 is 0 Å². The summed E-state index contributed by atoms with van der Waals surface area (Å²) in [6, 6.07) is 0. The molecule has 0 amide bonds. The monoisotopic (exact) mass is 380 g/mol. The fraction of sp³-hybridized carbons (Fsp3) is 1.00. The van der Waals surface area contributed by atoms with E-state index in [0.29, 0.717) is 0 Å². The maximum absolute atomic E-state index is 2.51. The zero-order valence-corrected chi connectivity index (χ0v) is 19.9. The summed E-state index contributed by atoms with van der Waals surface area (Å²) in [5.74, 6) is 5.71. The van der Waals surface area contributed by atoms with E-state index in [1.807, 2.05) is 0 Å². The summed E-state index contributed by atoms with van der Waals surface area (Å²) >= 11 is 0. The minimum Gasteiger partial charge on any atom is -0.328 e. The van der Waals surface area contributed by atoms with E-state index in [2.05, 4.69) is 56.1 Å². The fourth-order valence-electron chi connectivity index (χ4n) is 7.54. The van der Waals surface area contributed by atoms with Gasteiger partial charge in [0.05, 0.1) is 81.6 Å². The molecule has 0 aromatic carbocycles. The molecule has 0 bridgehead atoms. The first-order valence-electron chi connectivity index (χ1n) is 11.8. The van der Waals surface area contributed by atoms with E-state index in [-0.39, 0.29) is 0 Å². The van der Waals surface area contributed by atoms with E-state index in [0.717, 1.165) is 35.5 Å². The van der Waals surface area contributed by atoms with Gasteiger partial charge in [-0.15, -0.1) is 0 Å². The van der Waals surface area contributed by atoms with Crippen molar-refractivity contribution >= 4 is 0 Å². The highest BCUT2D eigenvalue weighted by Crippen LogP contribution is 2.39. The zero-order chi connectivity index (χ0) is 20.0. The van der Waals surface area contributed by atoms with Gasteiger partial charge < -0.3 is 13.4 Å². The Labute approximate surface area is 170 Å². The molecule has 6 unspecified atom stereocenters. The molecule has 0 aromatic rings. The van der Waals surface area contributed by atoms with Crippen LogP contribution in [0.15, 0.2) is 0 Å². The SMILES string of the molecule is CC1C[N+](C)(C)CC1CCC1C[N+](C)(C)CC1CCC1C[N+](C)(C)CC1C. The summed E-state index contributed by atoms with van der Waals surface area (Å²) in [7, 11) is 14.7. The summed E-state index contributed by atoms with van der Waals surface area (Å²) in [5, 5.41) is 0. The molecule has 158 valence electrons. The molecule has 3 aliphatic heterocycles. The van der Waals surface area contributed by atoms with E-state index in [9.17, 15) is 0 Å². The second-order valence-electron chi connectivity index (χ2n) is 13.1. The van der Waals surface area contributed by atoms with Gasteiger partial charge in [0.2, 0.25) is 0 Å². The van der Waals surface area contributed by atoms with Crippen LogP contribution in [0.3, 0.4) is 0 Å². The minimum absolute atomic E-state index is 0.918. The van der Waals surface area contributed by atoms with Gasteiger partial charge in [-0.3, -0.25) is 0 Å². The van der Waals surface area contributed by atoms with Crippen molar-refractivity contribution in [1.82, 2.24) is 0 Å². The Balaban J connectivity index is 1.52. The number of rotatable bonds is 6. The molecule has 0 spiro atoms. The van der Waals surface area contributed by atoms with Crippen molar-refractivity contribution in [3.8, 4) is 0 Å². The van der Waals surface area contributed by atoms with Crippen molar-refractivity contribution in [3.63, 3.8) is 0 Å². The zero-order valence-electron chi connectivity index (χ0n) is 19.9. The molecule has 0 aromatic heterocycles. The molecular weight excluding hydrogens is 330 g/mol. The maximum atomic E-state index is 2.51. The largest absolute Gasteiger partial charge is 0.328 e. The highest BCUT2D eigenvalue weighted by Gasteiger charge is 2.43. The highest BCUT2D eigenvalue weighted by molar-refractivity contribution is 4.82. The number of likely N-dealkylation sites (tertiary alicyclic amines) is 3. The Morgan fingerprint density at radius 1 is 0.444 bits per heavy atom. The first-order chi connectivity index (χ1) is 12.4. The first-order valence-corrected chi connectivity index (χ1v) is 11.8. The Morgan fingerprint density at radius 3 is 1.00 bits per heavy atom. The molecule has 0 saturated carbocycles. The Hall–Kier alpha value is -0.120. The second-order valence-corrected chi connectivity index (χ2v) is 13.1. The van der Waals surface area contributed by atoms with Gasteiger partial charge in [-0.2, -0.15) is 0 Å². The van der Waals surface area contributed by atoms with Crippen LogP contribution >= 0.6 is 0 Å². The average molecular weight is 381 g/mol. The van der Waals surface area contributed by atoms with Crippen LogP contribution in [0.5, 0.6) is 0 Å². The summed E-state index contributed by atoms with van der Waals surface area (Å²) in [5.41, 5.74) is 0. The minimum atomic E-state index is 0.918. The van der Waals surface area contributed by atoms with Crippen molar-refractivity contribution in [2.45, 2.75) is 39.5 Å². The molecule has 3 rings (SSSR count). The van der Waals surface area contributed by atoms with E-state index in [1.165, 1.54) is 78.4 Å². The molecule has 3 nitrogen and oxygen atoms in total. The number of quaternary nitrogens is 3. The fourth-order valence-corrected chi connectivity index (χ4v) is 7.54. The molecule has 0 aliphatic carbocycles. The van der Waals surface area contributed by atoms with Crippen molar-refractivity contribution in [2.75, 3.05) is 81.6 Å². The molecule has 0 radical (unpaired) electrons. The van der Waals surface area contributed by atoms with E-state index >= 15 is 0 Å². The van der Waals surface area contributed by atoms with Gasteiger partial charge in [-0.1, -0.05) is 13.8 Å². The van der Waals surface area contributed by atoms with Gasteiger partial charge in [0.25, 0.3) is 0 Å². The molecular formula is C24H50N3+3. The standard InChI is InChI=1S/C24H50N3/c1-19-13-25(3,4)15-21(19)9-11-23-17-27(7,8)18-24(23)12-10-22-16-26(5,6)14-20(22)2/h19-24H,9-18H2,1-8H3/q+3. The van der Waals surface area contributed by atoms with Gasteiger partial charge in [0.1, 0.15) is 0 Å². The third-order valence-corrected chi connectivity index (χ3v) is 8.57. The van der Waals surface area contributed by atoms with Gasteiger partial charge in [0.15, 0.2) is 0 Å². The lowest BCUT2D eigenvalue weighted by Crippen LogP contribution is -2.37. The highest BCUT2D eigenvalue weighted by atomic mass is 15.3. The lowest BCUT2D eigenvalue weighted by molar-refractivity contribution is -0.881.